The lowest BCUT2D eigenvalue weighted by molar-refractivity contribution is 0.703. The Morgan fingerprint density at radius 1 is 1.32 bits per heavy atom. The van der Waals surface area contributed by atoms with Crippen LogP contribution in [0.3, 0.4) is 0 Å². The fourth-order valence-electron chi connectivity index (χ4n) is 2.21. The average molecular weight is 326 g/mol. The molecule has 0 aliphatic rings. The molecule has 7 nitrogen and oxygen atoms in total. The van der Waals surface area contributed by atoms with Crippen LogP contribution in [0.15, 0.2) is 20.7 Å². The number of nitrogens with one attached hydrogen (secondary N) is 1. The molecule has 120 valence electrons. The van der Waals surface area contributed by atoms with Gasteiger partial charge in [-0.3, -0.25) is 13.9 Å². The van der Waals surface area contributed by atoms with E-state index in [2.05, 4.69) is 10.3 Å². The van der Waals surface area contributed by atoms with Crippen LogP contribution in [-0.4, -0.2) is 25.2 Å². The monoisotopic (exact) mass is 325 g/mol. The SMILES string of the molecule is CCCNc1nc2c(c(=O)n(C)c(=O)n2C)n1C/C=C(/C)Cl. The Morgan fingerprint density at radius 2 is 2.00 bits per heavy atom. The Labute approximate surface area is 132 Å². The normalized spacial score (nSPS) is 12.1. The van der Waals surface area contributed by atoms with Crippen molar-refractivity contribution < 1.29 is 0 Å². The maximum absolute atomic E-state index is 12.5. The number of halogens is 1. The minimum Gasteiger partial charge on any atom is -0.356 e. The van der Waals surface area contributed by atoms with E-state index >= 15 is 0 Å². The molecule has 0 saturated carbocycles. The summed E-state index contributed by atoms with van der Waals surface area (Å²) in [5.74, 6) is 0.560. The van der Waals surface area contributed by atoms with E-state index in [1.165, 1.54) is 11.6 Å². The molecular weight excluding hydrogens is 306 g/mol. The number of imidazole rings is 1. The van der Waals surface area contributed by atoms with Gasteiger partial charge in [-0.15, -0.1) is 0 Å². The number of hydrogen-bond donors (Lipinski definition) is 1. The zero-order chi connectivity index (χ0) is 16.4. The number of aromatic nitrogens is 4. The summed E-state index contributed by atoms with van der Waals surface area (Å²) in [4.78, 5) is 28.9. The van der Waals surface area contributed by atoms with Crippen molar-refractivity contribution in [2.75, 3.05) is 11.9 Å². The molecule has 1 N–H and O–H groups in total. The lowest BCUT2D eigenvalue weighted by Gasteiger charge is -2.08. The quantitative estimate of drug-likeness (QED) is 0.901. The summed E-state index contributed by atoms with van der Waals surface area (Å²) in [6.45, 7) is 4.94. The lowest BCUT2D eigenvalue weighted by atomic mass is 10.4. The molecule has 0 bridgehead atoms. The van der Waals surface area contributed by atoms with Gasteiger partial charge >= 0.3 is 5.69 Å². The van der Waals surface area contributed by atoms with Gasteiger partial charge in [0.2, 0.25) is 5.95 Å². The van der Waals surface area contributed by atoms with E-state index in [1.807, 2.05) is 6.92 Å². The second-order valence-corrected chi connectivity index (χ2v) is 5.74. The number of rotatable bonds is 5. The summed E-state index contributed by atoms with van der Waals surface area (Å²) in [6, 6.07) is 0. The van der Waals surface area contributed by atoms with E-state index in [4.69, 9.17) is 11.6 Å². The molecule has 0 aliphatic heterocycles. The van der Waals surface area contributed by atoms with Crippen LogP contribution in [0, 0.1) is 0 Å². The molecule has 22 heavy (non-hydrogen) atoms. The van der Waals surface area contributed by atoms with E-state index in [-0.39, 0.29) is 5.56 Å². The number of nitrogens with zero attached hydrogens (tertiary/aromatic N) is 4. The Balaban J connectivity index is 2.78. The molecule has 0 aliphatic carbocycles. The minimum atomic E-state index is -0.395. The maximum Gasteiger partial charge on any atom is 0.332 e. The average Bonchev–Trinajstić information content (AvgIpc) is 2.85. The maximum atomic E-state index is 12.5. The highest BCUT2D eigenvalue weighted by molar-refractivity contribution is 6.29. The van der Waals surface area contributed by atoms with Gasteiger partial charge in [-0.2, -0.15) is 4.98 Å². The third-order valence-corrected chi connectivity index (χ3v) is 3.59. The van der Waals surface area contributed by atoms with Crippen molar-refractivity contribution >= 4 is 28.7 Å². The van der Waals surface area contributed by atoms with Gasteiger partial charge in [-0.1, -0.05) is 24.6 Å². The van der Waals surface area contributed by atoms with Crippen LogP contribution in [-0.2, 0) is 20.6 Å². The van der Waals surface area contributed by atoms with E-state index < -0.39 is 5.69 Å². The van der Waals surface area contributed by atoms with Crippen molar-refractivity contribution in [1.29, 1.82) is 0 Å². The Hall–Kier alpha value is -2.02. The molecule has 0 aromatic carbocycles. The fraction of sp³-hybridized carbons (Fsp3) is 0.500. The van der Waals surface area contributed by atoms with Crippen molar-refractivity contribution in [3.63, 3.8) is 0 Å². The molecule has 2 heterocycles. The third kappa shape index (κ3) is 2.81. The van der Waals surface area contributed by atoms with Crippen molar-refractivity contribution in [3.05, 3.63) is 31.9 Å². The zero-order valence-corrected chi connectivity index (χ0v) is 13.9. The van der Waals surface area contributed by atoms with Crippen LogP contribution in [0.4, 0.5) is 5.95 Å². The summed E-state index contributed by atoms with van der Waals surface area (Å²) in [7, 11) is 3.07. The molecule has 0 saturated heterocycles. The summed E-state index contributed by atoms with van der Waals surface area (Å²) < 4.78 is 4.21. The topological polar surface area (TPSA) is 73.8 Å². The van der Waals surface area contributed by atoms with Crippen LogP contribution in [0.25, 0.3) is 11.2 Å². The molecule has 0 unspecified atom stereocenters. The number of hydrogen-bond acceptors (Lipinski definition) is 4. The summed E-state index contributed by atoms with van der Waals surface area (Å²) in [6.07, 6.45) is 2.72. The van der Waals surface area contributed by atoms with Crippen molar-refractivity contribution in [2.45, 2.75) is 26.8 Å². The number of allylic oxidation sites excluding steroid dienone is 2. The van der Waals surface area contributed by atoms with Gasteiger partial charge < -0.3 is 9.88 Å². The summed E-state index contributed by atoms with van der Waals surface area (Å²) >= 11 is 5.90. The summed E-state index contributed by atoms with van der Waals surface area (Å²) in [5.41, 5.74) is -0.00581. The van der Waals surface area contributed by atoms with E-state index in [1.54, 1.807) is 24.6 Å². The Morgan fingerprint density at radius 3 is 2.59 bits per heavy atom. The van der Waals surface area contributed by atoms with Gasteiger partial charge in [0.05, 0.1) is 0 Å². The highest BCUT2D eigenvalue weighted by Crippen LogP contribution is 2.16. The van der Waals surface area contributed by atoms with E-state index in [9.17, 15) is 9.59 Å². The van der Waals surface area contributed by atoms with Gasteiger partial charge in [0.25, 0.3) is 5.56 Å². The first-order chi connectivity index (χ1) is 10.4. The standard InChI is InChI=1S/C14H20ClN5O2/c1-5-7-16-13-17-11-10(20(13)8-6-9(2)15)12(21)19(4)14(22)18(11)3/h6H,5,7-8H2,1-4H3,(H,16,17)/b9-6-. The largest absolute Gasteiger partial charge is 0.356 e. The second-order valence-electron chi connectivity index (χ2n) is 5.14. The molecular formula is C14H20ClN5O2. The highest BCUT2D eigenvalue weighted by atomic mass is 35.5. The second kappa shape index (κ2) is 6.39. The zero-order valence-electron chi connectivity index (χ0n) is 13.2. The molecule has 2 aromatic rings. The molecule has 8 heteroatoms. The van der Waals surface area contributed by atoms with Crippen molar-refractivity contribution in [3.8, 4) is 0 Å². The third-order valence-electron chi connectivity index (χ3n) is 3.44. The summed E-state index contributed by atoms with van der Waals surface area (Å²) in [5, 5.41) is 3.82. The van der Waals surface area contributed by atoms with Gasteiger partial charge in [0.1, 0.15) is 0 Å². The van der Waals surface area contributed by atoms with Crippen LogP contribution >= 0.6 is 11.6 Å². The number of anilines is 1. The van der Waals surface area contributed by atoms with Crippen LogP contribution < -0.4 is 16.6 Å². The number of fused-ring (bicyclic) bond motifs is 1. The first-order valence-corrected chi connectivity index (χ1v) is 7.48. The predicted octanol–water partition coefficient (Wildman–Crippen LogP) is 1.40. The van der Waals surface area contributed by atoms with Crippen molar-refractivity contribution in [1.82, 2.24) is 18.7 Å². The van der Waals surface area contributed by atoms with Gasteiger partial charge in [-0.25, -0.2) is 4.79 Å². The highest BCUT2D eigenvalue weighted by Gasteiger charge is 2.18. The Bertz CT molecular complexity index is 840. The smallest absolute Gasteiger partial charge is 0.332 e. The van der Waals surface area contributed by atoms with Crippen LogP contribution in [0.1, 0.15) is 20.3 Å². The van der Waals surface area contributed by atoms with Crippen molar-refractivity contribution in [2.24, 2.45) is 14.1 Å². The minimum absolute atomic E-state index is 0.365. The van der Waals surface area contributed by atoms with E-state index in [0.717, 1.165) is 17.5 Å². The van der Waals surface area contributed by atoms with Gasteiger partial charge in [0, 0.05) is 32.2 Å². The van der Waals surface area contributed by atoms with Gasteiger partial charge in [-0.05, 0) is 13.3 Å². The fourth-order valence-corrected chi connectivity index (χ4v) is 2.28. The molecule has 0 atom stereocenters. The first-order valence-electron chi connectivity index (χ1n) is 7.10. The molecule has 0 radical (unpaired) electrons. The Kier molecular flexibility index (Phi) is 4.75. The molecule has 0 spiro atoms. The predicted molar refractivity (Wildman–Crippen MR) is 88.6 cm³/mol. The molecule has 0 fully saturated rings. The van der Waals surface area contributed by atoms with Crippen LogP contribution in [0.2, 0.25) is 0 Å². The van der Waals surface area contributed by atoms with Crippen LogP contribution in [0.5, 0.6) is 0 Å². The lowest BCUT2D eigenvalue weighted by Crippen LogP contribution is -2.37. The first kappa shape index (κ1) is 16.4. The van der Waals surface area contributed by atoms with Gasteiger partial charge in [0.15, 0.2) is 11.2 Å². The molecule has 2 aromatic heterocycles. The van der Waals surface area contributed by atoms with E-state index in [0.29, 0.717) is 28.7 Å². The number of aryl methyl sites for hydroxylation is 1. The molecule has 2 rings (SSSR count). The molecule has 0 amide bonds.